The quantitative estimate of drug-likeness (QED) is 0.889. The number of halogens is 1. The summed E-state index contributed by atoms with van der Waals surface area (Å²) >= 11 is 0. The molecule has 0 aromatic heterocycles. The Morgan fingerprint density at radius 1 is 1.38 bits per heavy atom. The van der Waals surface area contributed by atoms with Crippen molar-refractivity contribution in [3.05, 3.63) is 29.6 Å². The van der Waals surface area contributed by atoms with Crippen LogP contribution in [0.25, 0.3) is 0 Å². The van der Waals surface area contributed by atoms with Crippen LogP contribution in [0.5, 0.6) is 0 Å². The lowest BCUT2D eigenvalue weighted by Gasteiger charge is -2.31. The Labute approximate surface area is 124 Å². The van der Waals surface area contributed by atoms with E-state index in [1.54, 1.807) is 6.92 Å². The van der Waals surface area contributed by atoms with Gasteiger partial charge in [-0.1, -0.05) is 6.07 Å². The number of aryl methyl sites for hydroxylation is 1. The van der Waals surface area contributed by atoms with Crippen LogP contribution in [0.15, 0.2) is 23.1 Å². The summed E-state index contributed by atoms with van der Waals surface area (Å²) in [6.45, 7) is 2.56. The molecule has 1 heterocycles. The van der Waals surface area contributed by atoms with Crippen molar-refractivity contribution in [3.63, 3.8) is 0 Å². The van der Waals surface area contributed by atoms with E-state index in [0.717, 1.165) is 6.07 Å². The first-order chi connectivity index (χ1) is 9.95. The minimum atomic E-state index is -3.67. The van der Waals surface area contributed by atoms with Gasteiger partial charge in [0.05, 0.1) is 24.2 Å². The highest BCUT2D eigenvalue weighted by Gasteiger charge is 2.30. The third kappa shape index (κ3) is 3.79. The van der Waals surface area contributed by atoms with Gasteiger partial charge in [0.25, 0.3) is 0 Å². The minimum Gasteiger partial charge on any atom is -0.394 e. The maximum atomic E-state index is 13.3. The van der Waals surface area contributed by atoms with E-state index in [1.807, 2.05) is 0 Å². The normalized spacial score (nSPS) is 18.0. The van der Waals surface area contributed by atoms with Crippen LogP contribution in [0.1, 0.15) is 18.4 Å². The largest absolute Gasteiger partial charge is 0.394 e. The fourth-order valence-corrected chi connectivity index (χ4v) is 4.16. The highest BCUT2D eigenvalue weighted by atomic mass is 32.2. The molecule has 1 aromatic rings. The molecule has 1 aromatic carbocycles. The molecule has 118 valence electrons. The predicted molar refractivity (Wildman–Crippen MR) is 76.0 cm³/mol. The molecule has 5 nitrogen and oxygen atoms in total. The topological polar surface area (TPSA) is 66.8 Å². The number of piperidine rings is 1. The zero-order valence-corrected chi connectivity index (χ0v) is 12.8. The van der Waals surface area contributed by atoms with Crippen LogP contribution in [-0.2, 0) is 14.8 Å². The minimum absolute atomic E-state index is 0.0252. The van der Waals surface area contributed by atoms with Crippen LogP contribution in [-0.4, -0.2) is 50.2 Å². The van der Waals surface area contributed by atoms with Crippen molar-refractivity contribution in [2.75, 3.05) is 26.3 Å². The third-order valence-corrected chi connectivity index (χ3v) is 5.65. The molecule has 1 N–H and O–H groups in total. The lowest BCUT2D eigenvalue weighted by atomic mass is 10.1. The van der Waals surface area contributed by atoms with E-state index in [-0.39, 0.29) is 24.2 Å². The van der Waals surface area contributed by atoms with Gasteiger partial charge in [0.2, 0.25) is 10.0 Å². The first-order valence-corrected chi connectivity index (χ1v) is 8.38. The molecule has 0 spiro atoms. The van der Waals surface area contributed by atoms with Crippen LogP contribution in [0, 0.1) is 12.7 Å². The number of ether oxygens (including phenoxy) is 1. The number of aliphatic hydroxyl groups excluding tert-OH is 1. The fraction of sp³-hybridized carbons (Fsp3) is 0.571. The standard InChI is InChI=1S/C14H20FNO4S/c1-11-2-3-12(15)10-14(11)21(18,19)16-6-4-13(5-7-16)20-9-8-17/h2-3,10,13,17H,4-9H2,1H3. The highest BCUT2D eigenvalue weighted by Crippen LogP contribution is 2.24. The lowest BCUT2D eigenvalue weighted by Crippen LogP contribution is -2.41. The summed E-state index contributed by atoms with van der Waals surface area (Å²) < 4.78 is 45.2. The first kappa shape index (κ1) is 16.4. The molecule has 0 saturated carbocycles. The number of nitrogens with zero attached hydrogens (tertiary/aromatic N) is 1. The predicted octanol–water partition coefficient (Wildman–Crippen LogP) is 1.30. The molecule has 0 radical (unpaired) electrons. The Morgan fingerprint density at radius 2 is 2.05 bits per heavy atom. The van der Waals surface area contributed by atoms with Gasteiger partial charge in [-0.25, -0.2) is 12.8 Å². The van der Waals surface area contributed by atoms with Gasteiger partial charge in [-0.05, 0) is 37.5 Å². The molecule has 21 heavy (non-hydrogen) atoms. The fourth-order valence-electron chi connectivity index (χ4n) is 2.45. The van der Waals surface area contributed by atoms with Crippen LogP contribution in [0.2, 0.25) is 0 Å². The van der Waals surface area contributed by atoms with E-state index in [0.29, 0.717) is 31.5 Å². The molecular formula is C14H20FNO4S. The van der Waals surface area contributed by atoms with E-state index in [9.17, 15) is 12.8 Å². The molecule has 0 amide bonds. The van der Waals surface area contributed by atoms with Crippen molar-refractivity contribution >= 4 is 10.0 Å². The summed E-state index contributed by atoms with van der Waals surface area (Å²) in [7, 11) is -3.67. The van der Waals surface area contributed by atoms with Gasteiger partial charge in [-0.3, -0.25) is 0 Å². The van der Waals surface area contributed by atoms with Gasteiger partial charge in [0, 0.05) is 13.1 Å². The molecule has 0 unspecified atom stereocenters. The average Bonchev–Trinajstić information content (AvgIpc) is 2.48. The van der Waals surface area contributed by atoms with E-state index < -0.39 is 15.8 Å². The third-order valence-electron chi connectivity index (χ3n) is 3.61. The summed E-state index contributed by atoms with van der Waals surface area (Å²) in [6, 6.07) is 3.79. The van der Waals surface area contributed by atoms with Crippen LogP contribution >= 0.6 is 0 Å². The van der Waals surface area contributed by atoms with E-state index in [2.05, 4.69) is 0 Å². The summed E-state index contributed by atoms with van der Waals surface area (Å²) in [6.07, 6.45) is 1.12. The number of sulfonamides is 1. The Balaban J connectivity index is 2.10. The van der Waals surface area contributed by atoms with Crippen LogP contribution in [0.3, 0.4) is 0 Å². The van der Waals surface area contributed by atoms with Crippen molar-refractivity contribution in [1.29, 1.82) is 0 Å². The SMILES string of the molecule is Cc1ccc(F)cc1S(=O)(=O)N1CCC(OCCO)CC1. The molecule has 0 aliphatic carbocycles. The molecule has 1 saturated heterocycles. The number of hydrogen-bond acceptors (Lipinski definition) is 4. The summed E-state index contributed by atoms with van der Waals surface area (Å²) in [5, 5.41) is 8.72. The molecule has 2 rings (SSSR count). The molecule has 0 bridgehead atoms. The van der Waals surface area contributed by atoms with Gasteiger partial charge < -0.3 is 9.84 Å². The molecule has 1 fully saturated rings. The highest BCUT2D eigenvalue weighted by molar-refractivity contribution is 7.89. The Morgan fingerprint density at radius 3 is 2.67 bits per heavy atom. The lowest BCUT2D eigenvalue weighted by molar-refractivity contribution is 0.00318. The van der Waals surface area contributed by atoms with Crippen molar-refractivity contribution in [3.8, 4) is 0 Å². The Bertz CT molecular complexity index is 583. The molecule has 0 atom stereocenters. The van der Waals surface area contributed by atoms with E-state index in [4.69, 9.17) is 9.84 Å². The van der Waals surface area contributed by atoms with Crippen molar-refractivity contribution < 1.29 is 22.7 Å². The van der Waals surface area contributed by atoms with Gasteiger partial charge in [0.1, 0.15) is 5.82 Å². The number of hydrogen-bond donors (Lipinski definition) is 1. The molecule has 1 aliphatic heterocycles. The smallest absolute Gasteiger partial charge is 0.243 e. The number of rotatable bonds is 5. The molecule has 7 heteroatoms. The summed E-state index contributed by atoms with van der Waals surface area (Å²) in [5.74, 6) is -0.555. The van der Waals surface area contributed by atoms with Gasteiger partial charge in [0.15, 0.2) is 0 Å². The van der Waals surface area contributed by atoms with Crippen molar-refractivity contribution in [2.45, 2.75) is 30.8 Å². The zero-order chi connectivity index (χ0) is 15.5. The second kappa shape index (κ2) is 6.83. The monoisotopic (exact) mass is 317 g/mol. The Kier molecular flexibility index (Phi) is 5.32. The Hall–Kier alpha value is -1.02. The van der Waals surface area contributed by atoms with E-state index in [1.165, 1.54) is 16.4 Å². The van der Waals surface area contributed by atoms with E-state index >= 15 is 0 Å². The maximum Gasteiger partial charge on any atom is 0.243 e. The van der Waals surface area contributed by atoms with Crippen LogP contribution in [0.4, 0.5) is 4.39 Å². The maximum absolute atomic E-state index is 13.3. The summed E-state index contributed by atoms with van der Waals surface area (Å²) in [4.78, 5) is 0.0252. The molecular weight excluding hydrogens is 297 g/mol. The summed E-state index contributed by atoms with van der Waals surface area (Å²) in [5.41, 5.74) is 0.537. The number of benzene rings is 1. The molecule has 1 aliphatic rings. The first-order valence-electron chi connectivity index (χ1n) is 6.94. The number of aliphatic hydroxyl groups is 1. The zero-order valence-electron chi connectivity index (χ0n) is 12.0. The second-order valence-corrected chi connectivity index (χ2v) is 7.01. The van der Waals surface area contributed by atoms with Gasteiger partial charge in [-0.15, -0.1) is 0 Å². The van der Waals surface area contributed by atoms with Crippen molar-refractivity contribution in [1.82, 2.24) is 4.31 Å². The van der Waals surface area contributed by atoms with Crippen LogP contribution < -0.4 is 0 Å². The van der Waals surface area contributed by atoms with Gasteiger partial charge >= 0.3 is 0 Å². The average molecular weight is 317 g/mol. The van der Waals surface area contributed by atoms with Gasteiger partial charge in [-0.2, -0.15) is 4.31 Å². The van der Waals surface area contributed by atoms with Crippen molar-refractivity contribution in [2.24, 2.45) is 0 Å². The second-order valence-electron chi connectivity index (χ2n) is 5.11.